The normalized spacial score (nSPS) is 23.8. The van der Waals surface area contributed by atoms with Crippen LogP contribution in [0, 0.1) is 0 Å². The molecule has 0 amide bonds. The number of hydrogen-bond acceptors (Lipinski definition) is 12. The van der Waals surface area contributed by atoms with Gasteiger partial charge in [0.15, 0.2) is 12.2 Å². The highest BCUT2D eigenvalue weighted by molar-refractivity contribution is 5.92. The van der Waals surface area contributed by atoms with Crippen LogP contribution in [0.2, 0.25) is 0 Å². The van der Waals surface area contributed by atoms with Crippen LogP contribution in [0.3, 0.4) is 0 Å². The molecule has 3 N–H and O–H groups in total. The first-order chi connectivity index (χ1) is 15.9. The van der Waals surface area contributed by atoms with E-state index in [0.717, 1.165) is 33.8 Å². The fourth-order valence-electron chi connectivity index (χ4n) is 3.23. The van der Waals surface area contributed by atoms with E-state index in [1.165, 1.54) is 12.1 Å². The molecule has 1 heterocycles. The zero-order chi connectivity index (χ0) is 25.6. The van der Waals surface area contributed by atoms with Crippen molar-refractivity contribution in [2.45, 2.75) is 58.4 Å². The first-order valence-corrected chi connectivity index (χ1v) is 9.99. The molecule has 0 bridgehead atoms. The molecular formula is C21H25NO12. The van der Waals surface area contributed by atoms with E-state index < -0.39 is 67.2 Å². The van der Waals surface area contributed by atoms with E-state index >= 15 is 0 Å². The molecule has 13 heteroatoms. The maximum Gasteiger partial charge on any atom is 0.339 e. The third-order valence-electron chi connectivity index (χ3n) is 4.43. The maximum absolute atomic E-state index is 11.8. The SMILES string of the molecule is CC(=O)OC[C@H]1O[C@@H](Oc2ccc(N)cc2C(=O)O)[C@H](OC(C)=O)[C@@H](OC(C)=O)[C@@H]1OC(C)=O. The predicted molar refractivity (Wildman–Crippen MR) is 110 cm³/mol. The Balaban J connectivity index is 2.54. The number of carboxylic acid groups (broad SMARTS) is 1. The molecule has 0 aromatic heterocycles. The van der Waals surface area contributed by atoms with E-state index in [4.69, 9.17) is 34.2 Å². The van der Waals surface area contributed by atoms with Gasteiger partial charge in [-0.1, -0.05) is 0 Å². The van der Waals surface area contributed by atoms with Gasteiger partial charge >= 0.3 is 29.8 Å². The van der Waals surface area contributed by atoms with Crippen molar-refractivity contribution in [1.82, 2.24) is 0 Å². The van der Waals surface area contributed by atoms with Crippen molar-refractivity contribution >= 4 is 35.5 Å². The third-order valence-corrected chi connectivity index (χ3v) is 4.43. The number of ether oxygens (including phenoxy) is 6. The molecule has 1 saturated heterocycles. The number of aromatic carboxylic acids is 1. The standard InChI is InChI=1S/C21H25NO12/c1-9(23)29-8-16-17(30-10(2)24)18(31-11(3)25)19(32-12(4)26)21(34-16)33-15-6-5-13(22)7-14(15)20(27)28/h5-7,16-19,21H,8,22H2,1-4H3,(H,27,28)/t16-,17-,18+,19-,21-/m1/s1. The summed E-state index contributed by atoms with van der Waals surface area (Å²) < 4.78 is 32.3. The van der Waals surface area contributed by atoms with Crippen molar-refractivity contribution < 1.29 is 57.5 Å². The molecule has 1 fully saturated rings. The van der Waals surface area contributed by atoms with E-state index in [9.17, 15) is 29.1 Å². The minimum atomic E-state index is -1.57. The summed E-state index contributed by atoms with van der Waals surface area (Å²) in [5.41, 5.74) is 5.47. The number of hydrogen-bond donors (Lipinski definition) is 2. The molecular weight excluding hydrogens is 458 g/mol. The van der Waals surface area contributed by atoms with Crippen LogP contribution in [0.1, 0.15) is 38.1 Å². The lowest BCUT2D eigenvalue weighted by atomic mass is 9.98. The van der Waals surface area contributed by atoms with Gasteiger partial charge in [-0.3, -0.25) is 19.2 Å². The van der Waals surface area contributed by atoms with Crippen molar-refractivity contribution in [3.05, 3.63) is 23.8 Å². The van der Waals surface area contributed by atoms with Crippen LogP contribution >= 0.6 is 0 Å². The second-order valence-corrected chi connectivity index (χ2v) is 7.25. The number of esters is 4. The molecule has 1 aliphatic heterocycles. The molecule has 5 atom stereocenters. The summed E-state index contributed by atoms with van der Waals surface area (Å²) >= 11 is 0. The summed E-state index contributed by atoms with van der Waals surface area (Å²) in [7, 11) is 0. The highest BCUT2D eigenvalue weighted by atomic mass is 16.7. The van der Waals surface area contributed by atoms with Crippen LogP contribution in [0.4, 0.5) is 5.69 Å². The number of nitrogens with two attached hydrogens (primary N) is 1. The van der Waals surface area contributed by atoms with Gasteiger partial charge in [0.25, 0.3) is 0 Å². The number of benzene rings is 1. The lowest BCUT2D eigenvalue weighted by Crippen LogP contribution is -2.63. The zero-order valence-corrected chi connectivity index (χ0v) is 18.8. The van der Waals surface area contributed by atoms with E-state index in [2.05, 4.69) is 0 Å². The molecule has 34 heavy (non-hydrogen) atoms. The summed E-state index contributed by atoms with van der Waals surface area (Å²) in [6, 6.07) is 3.77. The van der Waals surface area contributed by atoms with Gasteiger partial charge in [-0.2, -0.15) is 0 Å². The third kappa shape index (κ3) is 7.07. The number of carboxylic acids is 1. The second kappa shape index (κ2) is 11.3. The van der Waals surface area contributed by atoms with Crippen molar-refractivity contribution in [2.24, 2.45) is 0 Å². The van der Waals surface area contributed by atoms with E-state index in [-0.39, 0.29) is 17.0 Å². The average Bonchev–Trinajstić information content (AvgIpc) is 2.71. The molecule has 1 aromatic carbocycles. The molecule has 0 saturated carbocycles. The molecule has 1 aromatic rings. The lowest BCUT2D eigenvalue weighted by Gasteiger charge is -2.44. The van der Waals surface area contributed by atoms with Crippen LogP contribution in [0.15, 0.2) is 18.2 Å². The smallest absolute Gasteiger partial charge is 0.339 e. The van der Waals surface area contributed by atoms with Gasteiger partial charge in [-0.15, -0.1) is 0 Å². The van der Waals surface area contributed by atoms with Crippen LogP contribution in [-0.4, -0.2) is 72.3 Å². The van der Waals surface area contributed by atoms with Crippen LogP contribution in [0.5, 0.6) is 5.75 Å². The lowest BCUT2D eigenvalue weighted by molar-refractivity contribution is -0.288. The summed E-state index contributed by atoms with van der Waals surface area (Å²) in [5, 5.41) is 9.49. The Morgan fingerprint density at radius 3 is 1.97 bits per heavy atom. The van der Waals surface area contributed by atoms with Crippen molar-refractivity contribution in [3.8, 4) is 5.75 Å². The van der Waals surface area contributed by atoms with Gasteiger partial charge in [-0.05, 0) is 18.2 Å². The van der Waals surface area contributed by atoms with Gasteiger partial charge < -0.3 is 39.3 Å². The molecule has 13 nitrogen and oxygen atoms in total. The Labute approximate surface area is 194 Å². The Bertz CT molecular complexity index is 961. The Morgan fingerprint density at radius 1 is 0.882 bits per heavy atom. The van der Waals surface area contributed by atoms with Crippen LogP contribution < -0.4 is 10.5 Å². The second-order valence-electron chi connectivity index (χ2n) is 7.25. The number of carbonyl (C=O) groups is 5. The Hall–Kier alpha value is -3.87. The number of anilines is 1. The minimum Gasteiger partial charge on any atom is -0.478 e. The summed E-state index contributed by atoms with van der Waals surface area (Å²) in [5.74, 6) is -4.68. The molecule has 0 aliphatic carbocycles. The summed E-state index contributed by atoms with van der Waals surface area (Å²) in [6.07, 6.45) is -7.13. The number of carbonyl (C=O) groups excluding carboxylic acids is 4. The Kier molecular flexibility index (Phi) is 8.78. The van der Waals surface area contributed by atoms with Crippen molar-refractivity contribution in [1.29, 1.82) is 0 Å². The first kappa shape index (κ1) is 26.4. The monoisotopic (exact) mass is 483 g/mol. The molecule has 2 rings (SSSR count). The van der Waals surface area contributed by atoms with E-state index in [1.807, 2.05) is 0 Å². The van der Waals surface area contributed by atoms with Crippen LogP contribution in [-0.2, 0) is 42.9 Å². The number of nitrogen functional groups attached to an aromatic ring is 1. The highest BCUT2D eigenvalue weighted by Gasteiger charge is 2.53. The maximum atomic E-state index is 11.8. The quantitative estimate of drug-likeness (QED) is 0.295. The van der Waals surface area contributed by atoms with Crippen molar-refractivity contribution in [2.75, 3.05) is 12.3 Å². The highest BCUT2D eigenvalue weighted by Crippen LogP contribution is 2.32. The van der Waals surface area contributed by atoms with Crippen molar-refractivity contribution in [3.63, 3.8) is 0 Å². The topological polar surface area (TPSA) is 187 Å². The van der Waals surface area contributed by atoms with Gasteiger partial charge in [0, 0.05) is 33.4 Å². The molecule has 186 valence electrons. The fourth-order valence-corrected chi connectivity index (χ4v) is 3.23. The van der Waals surface area contributed by atoms with Gasteiger partial charge in [-0.25, -0.2) is 4.79 Å². The number of rotatable bonds is 8. The molecule has 1 aliphatic rings. The van der Waals surface area contributed by atoms with Gasteiger partial charge in [0.05, 0.1) is 0 Å². The summed E-state index contributed by atoms with van der Waals surface area (Å²) in [4.78, 5) is 58.4. The first-order valence-electron chi connectivity index (χ1n) is 9.99. The van der Waals surface area contributed by atoms with Crippen LogP contribution in [0.25, 0.3) is 0 Å². The Morgan fingerprint density at radius 2 is 1.44 bits per heavy atom. The van der Waals surface area contributed by atoms with E-state index in [0.29, 0.717) is 0 Å². The fraction of sp³-hybridized carbons (Fsp3) is 0.476. The average molecular weight is 483 g/mol. The summed E-state index contributed by atoms with van der Waals surface area (Å²) in [6.45, 7) is 3.91. The molecule has 0 unspecified atom stereocenters. The van der Waals surface area contributed by atoms with Gasteiger partial charge in [0.1, 0.15) is 24.0 Å². The van der Waals surface area contributed by atoms with E-state index in [1.54, 1.807) is 0 Å². The molecule has 0 spiro atoms. The largest absolute Gasteiger partial charge is 0.478 e. The zero-order valence-electron chi connectivity index (χ0n) is 18.8. The molecule has 0 radical (unpaired) electrons. The minimum absolute atomic E-state index is 0.145. The van der Waals surface area contributed by atoms with Gasteiger partial charge in [0.2, 0.25) is 12.4 Å². The predicted octanol–water partition coefficient (Wildman–Crippen LogP) is 0.429.